The molecule has 118 valence electrons. The number of hydrogen-bond donors (Lipinski definition) is 1. The normalized spacial score (nSPS) is 9.48. The van der Waals surface area contributed by atoms with Crippen molar-refractivity contribution in [2.45, 2.75) is 0 Å². The number of amides is 1. The van der Waals surface area contributed by atoms with Gasteiger partial charge in [-0.3, -0.25) is 9.78 Å². The fourth-order valence-electron chi connectivity index (χ4n) is 1.73. The van der Waals surface area contributed by atoms with Crippen molar-refractivity contribution >= 4 is 21.8 Å². The summed E-state index contributed by atoms with van der Waals surface area (Å²) in [5.74, 6) is 6.73. The summed E-state index contributed by atoms with van der Waals surface area (Å²) >= 11 is 3.27. The number of benzene rings is 1. The lowest BCUT2D eigenvalue weighted by atomic mass is 10.3. The minimum atomic E-state index is -0.223. The Kier molecular flexibility index (Phi) is 6.45. The van der Waals surface area contributed by atoms with Crippen LogP contribution >= 0.6 is 15.9 Å². The highest BCUT2D eigenvalue weighted by molar-refractivity contribution is 9.10. The third-order valence-corrected chi connectivity index (χ3v) is 3.23. The average Bonchev–Trinajstić information content (AvgIpc) is 2.58. The van der Waals surface area contributed by atoms with Crippen LogP contribution in [0, 0.1) is 11.8 Å². The van der Waals surface area contributed by atoms with E-state index in [1.807, 2.05) is 24.3 Å². The summed E-state index contributed by atoms with van der Waals surface area (Å²) in [4.78, 5) is 15.8. The Hall–Kier alpha value is -2.52. The maximum Gasteiger partial charge on any atom is 0.253 e. The van der Waals surface area contributed by atoms with Crippen LogP contribution in [0.15, 0.2) is 47.2 Å². The van der Waals surface area contributed by atoms with Gasteiger partial charge in [0.25, 0.3) is 5.91 Å². The summed E-state index contributed by atoms with van der Waals surface area (Å²) in [5, 5.41) is 2.69. The number of methoxy groups -OCH3 is 1. The van der Waals surface area contributed by atoms with Gasteiger partial charge in [-0.15, -0.1) is 0 Å². The maximum absolute atomic E-state index is 11.8. The summed E-state index contributed by atoms with van der Waals surface area (Å²) in [6, 6.07) is 9.04. The highest BCUT2D eigenvalue weighted by atomic mass is 79.9. The molecule has 1 aromatic carbocycles. The second-order valence-corrected chi connectivity index (χ2v) is 5.28. The molecule has 0 saturated heterocycles. The lowest BCUT2D eigenvalue weighted by Crippen LogP contribution is -2.23. The van der Waals surface area contributed by atoms with Crippen molar-refractivity contribution in [2.75, 3.05) is 20.3 Å². The molecule has 0 atom stereocenters. The first-order chi connectivity index (χ1) is 11.2. The molecule has 0 unspecified atom stereocenters. The van der Waals surface area contributed by atoms with Gasteiger partial charge in [0.1, 0.15) is 6.61 Å². The Bertz CT molecular complexity index is 738. The number of carbonyl (C=O) groups is 1. The molecule has 0 aliphatic carbocycles. The first kappa shape index (κ1) is 16.8. The van der Waals surface area contributed by atoms with Gasteiger partial charge in [-0.2, -0.15) is 0 Å². The molecule has 2 aromatic rings. The second-order valence-electron chi connectivity index (χ2n) is 4.37. The number of nitrogens with one attached hydrogen (secondary N) is 1. The van der Waals surface area contributed by atoms with E-state index < -0.39 is 0 Å². The van der Waals surface area contributed by atoms with Gasteiger partial charge >= 0.3 is 0 Å². The van der Waals surface area contributed by atoms with Gasteiger partial charge in [0, 0.05) is 16.9 Å². The van der Waals surface area contributed by atoms with Crippen LogP contribution in [0.4, 0.5) is 0 Å². The number of aromatic nitrogens is 1. The van der Waals surface area contributed by atoms with Gasteiger partial charge in [0.15, 0.2) is 11.5 Å². The Labute approximate surface area is 143 Å². The quantitative estimate of drug-likeness (QED) is 0.817. The van der Waals surface area contributed by atoms with E-state index in [9.17, 15) is 4.79 Å². The lowest BCUT2D eigenvalue weighted by Gasteiger charge is -2.07. The number of hydrogen-bond acceptors (Lipinski definition) is 4. The lowest BCUT2D eigenvalue weighted by molar-refractivity contribution is 0.0958. The summed E-state index contributed by atoms with van der Waals surface area (Å²) in [7, 11) is 1.58. The molecule has 23 heavy (non-hydrogen) atoms. The average molecular weight is 375 g/mol. The van der Waals surface area contributed by atoms with Crippen molar-refractivity contribution in [1.29, 1.82) is 0 Å². The summed E-state index contributed by atoms with van der Waals surface area (Å²) in [6.45, 7) is 0.454. The molecule has 2 rings (SSSR count). The Morgan fingerprint density at radius 1 is 1.26 bits per heavy atom. The van der Waals surface area contributed by atoms with Crippen molar-refractivity contribution in [3.63, 3.8) is 0 Å². The molecule has 0 aliphatic rings. The van der Waals surface area contributed by atoms with Crippen molar-refractivity contribution in [1.82, 2.24) is 10.3 Å². The van der Waals surface area contributed by atoms with Crippen molar-refractivity contribution in [2.24, 2.45) is 0 Å². The van der Waals surface area contributed by atoms with Crippen LogP contribution in [0.5, 0.6) is 11.5 Å². The molecule has 5 nitrogen and oxygen atoms in total. The van der Waals surface area contributed by atoms with Crippen molar-refractivity contribution in [3.8, 4) is 23.3 Å². The monoisotopic (exact) mass is 374 g/mol. The molecule has 0 radical (unpaired) electrons. The second kappa shape index (κ2) is 8.81. The first-order valence-corrected chi connectivity index (χ1v) is 7.60. The molecule has 0 aliphatic heterocycles. The minimum absolute atomic E-state index is 0.217. The molecule has 1 aromatic heterocycles. The molecular weight excluding hydrogens is 360 g/mol. The smallest absolute Gasteiger partial charge is 0.253 e. The standard InChI is InChI=1S/C17H15BrN2O3/c1-22-15-6-2-3-7-16(15)23-9-5-4-8-20-17(21)13-10-14(18)12-19-11-13/h2-3,6-7,10-12H,8-9H2,1H3,(H,20,21). The van der Waals surface area contributed by atoms with E-state index >= 15 is 0 Å². The summed E-state index contributed by atoms with van der Waals surface area (Å²) < 4.78 is 11.4. The molecular formula is C17H15BrN2O3. The summed E-state index contributed by atoms with van der Waals surface area (Å²) in [6.07, 6.45) is 3.12. The fourth-order valence-corrected chi connectivity index (χ4v) is 2.09. The van der Waals surface area contributed by atoms with Crippen LogP contribution in [0.1, 0.15) is 10.4 Å². The van der Waals surface area contributed by atoms with E-state index in [-0.39, 0.29) is 19.1 Å². The van der Waals surface area contributed by atoms with Gasteiger partial charge in [0.05, 0.1) is 19.2 Å². The number of ether oxygens (including phenoxy) is 2. The molecule has 0 saturated carbocycles. The number of para-hydroxylation sites is 2. The van der Waals surface area contributed by atoms with E-state index in [4.69, 9.17) is 9.47 Å². The van der Waals surface area contributed by atoms with Crippen molar-refractivity contribution in [3.05, 3.63) is 52.8 Å². The molecule has 1 amide bonds. The third-order valence-electron chi connectivity index (χ3n) is 2.80. The minimum Gasteiger partial charge on any atom is -0.493 e. The predicted molar refractivity (Wildman–Crippen MR) is 90.5 cm³/mol. The Balaban J connectivity index is 1.77. The molecule has 1 N–H and O–H groups in total. The van der Waals surface area contributed by atoms with Crippen LogP contribution in [-0.2, 0) is 0 Å². The molecule has 1 heterocycles. The zero-order valence-corrected chi connectivity index (χ0v) is 14.1. The number of rotatable bonds is 5. The highest BCUT2D eigenvalue weighted by Gasteiger charge is 2.04. The largest absolute Gasteiger partial charge is 0.493 e. The number of halogens is 1. The number of pyridine rings is 1. The highest BCUT2D eigenvalue weighted by Crippen LogP contribution is 2.25. The van der Waals surface area contributed by atoms with E-state index in [0.717, 1.165) is 4.47 Å². The van der Waals surface area contributed by atoms with Crippen LogP contribution < -0.4 is 14.8 Å². The maximum atomic E-state index is 11.8. The van der Waals surface area contributed by atoms with E-state index in [1.54, 1.807) is 19.4 Å². The Morgan fingerprint density at radius 2 is 2.04 bits per heavy atom. The first-order valence-electron chi connectivity index (χ1n) is 6.81. The van der Waals surface area contributed by atoms with E-state index in [1.165, 1.54) is 6.20 Å². The topological polar surface area (TPSA) is 60.5 Å². The predicted octanol–water partition coefficient (Wildman–Crippen LogP) is 2.66. The van der Waals surface area contributed by atoms with Gasteiger partial charge < -0.3 is 14.8 Å². The third kappa shape index (κ3) is 5.31. The molecule has 0 fully saturated rings. The van der Waals surface area contributed by atoms with Crippen molar-refractivity contribution < 1.29 is 14.3 Å². The van der Waals surface area contributed by atoms with E-state index in [2.05, 4.69) is 38.1 Å². The van der Waals surface area contributed by atoms with Crippen LogP contribution in [0.3, 0.4) is 0 Å². The van der Waals surface area contributed by atoms with Gasteiger partial charge in [-0.25, -0.2) is 0 Å². The van der Waals surface area contributed by atoms with Crippen LogP contribution in [0.25, 0.3) is 0 Å². The summed E-state index contributed by atoms with van der Waals surface area (Å²) in [5.41, 5.74) is 0.478. The Morgan fingerprint density at radius 3 is 2.78 bits per heavy atom. The van der Waals surface area contributed by atoms with Crippen LogP contribution in [0.2, 0.25) is 0 Å². The van der Waals surface area contributed by atoms with Gasteiger partial charge in [0.2, 0.25) is 0 Å². The van der Waals surface area contributed by atoms with Gasteiger partial charge in [-0.1, -0.05) is 24.0 Å². The molecule has 0 spiro atoms. The van der Waals surface area contributed by atoms with E-state index in [0.29, 0.717) is 17.1 Å². The SMILES string of the molecule is COc1ccccc1OCC#CCNC(=O)c1cncc(Br)c1. The molecule has 6 heteroatoms. The fraction of sp³-hybridized carbons (Fsp3) is 0.176. The molecule has 0 bridgehead atoms. The zero-order chi connectivity index (χ0) is 16.5. The van der Waals surface area contributed by atoms with Gasteiger partial charge in [-0.05, 0) is 34.1 Å². The zero-order valence-electron chi connectivity index (χ0n) is 12.5. The van der Waals surface area contributed by atoms with Crippen LogP contribution in [-0.4, -0.2) is 31.2 Å². The number of nitrogens with zero attached hydrogens (tertiary/aromatic N) is 1. The number of carbonyl (C=O) groups excluding carboxylic acids is 1.